The van der Waals surface area contributed by atoms with Crippen molar-refractivity contribution in [1.29, 1.82) is 0 Å². The number of carboxylic acid groups (broad SMARTS) is 1. The maximum absolute atomic E-state index is 13.5. The average molecular weight is 496 g/mol. The highest BCUT2D eigenvalue weighted by Crippen LogP contribution is 2.39. The summed E-state index contributed by atoms with van der Waals surface area (Å²) in [5.74, 6) is -1.07. The summed E-state index contributed by atoms with van der Waals surface area (Å²) in [6, 6.07) is 7.16. The minimum Gasteiger partial charge on any atom is -0.478 e. The Morgan fingerprint density at radius 2 is 2.00 bits per heavy atom. The second-order valence-electron chi connectivity index (χ2n) is 9.22. The molecule has 0 spiro atoms. The number of unbranched alkanes of at least 4 members (excludes halogenated alkanes) is 2. The highest BCUT2D eigenvalue weighted by molar-refractivity contribution is 5.88. The van der Waals surface area contributed by atoms with Crippen molar-refractivity contribution in [2.75, 3.05) is 18.5 Å². The number of anilines is 1. The first-order valence-corrected chi connectivity index (χ1v) is 12.1. The Morgan fingerprint density at radius 1 is 1.23 bits per heavy atom. The van der Waals surface area contributed by atoms with E-state index in [1.807, 2.05) is 6.07 Å². The number of aromatic carboxylic acids is 1. The molecule has 0 radical (unpaired) electrons. The van der Waals surface area contributed by atoms with Gasteiger partial charge in [-0.25, -0.2) is 4.79 Å². The van der Waals surface area contributed by atoms with Crippen LogP contribution in [0.1, 0.15) is 79.2 Å². The van der Waals surface area contributed by atoms with Crippen molar-refractivity contribution in [1.82, 2.24) is 9.88 Å². The van der Waals surface area contributed by atoms with Crippen molar-refractivity contribution < 1.29 is 27.5 Å². The number of fused-ring (bicyclic) bond motifs is 1. The van der Waals surface area contributed by atoms with E-state index in [4.69, 9.17) is 0 Å². The fourth-order valence-corrected chi connectivity index (χ4v) is 4.76. The molecule has 2 N–H and O–H groups in total. The fourth-order valence-electron chi connectivity index (χ4n) is 4.76. The summed E-state index contributed by atoms with van der Waals surface area (Å²) in [5, 5.41) is 12.8. The van der Waals surface area contributed by atoms with Crippen LogP contribution in [-0.4, -0.2) is 52.4 Å². The van der Waals surface area contributed by atoms with Crippen LogP contribution < -0.4 is 5.32 Å². The van der Waals surface area contributed by atoms with E-state index in [0.29, 0.717) is 24.1 Å². The molecule has 1 aromatic heterocycles. The predicted octanol–water partition coefficient (Wildman–Crippen LogP) is 6.40. The third-order valence-corrected chi connectivity index (χ3v) is 6.58. The number of carboxylic acids is 1. The molecule has 1 aromatic carbocycles. The third kappa shape index (κ3) is 7.16. The van der Waals surface area contributed by atoms with Crippen LogP contribution in [0.5, 0.6) is 0 Å². The van der Waals surface area contributed by atoms with E-state index < -0.39 is 30.8 Å². The van der Waals surface area contributed by atoms with Gasteiger partial charge < -0.3 is 10.4 Å². The SMILES string of the molecule is CCC(CCCCCF)Nc1ccc([C@@H]2c3ccc(C(=O)O)cc3C[C@@H](C)N2CC(F)(F)F)nc1. The Kier molecular flexibility index (Phi) is 9.10. The molecule has 3 rings (SSSR count). The molecule has 0 saturated carbocycles. The second kappa shape index (κ2) is 11.8. The molecular weight excluding hydrogens is 462 g/mol. The number of benzene rings is 1. The van der Waals surface area contributed by atoms with Crippen LogP contribution in [0.4, 0.5) is 23.2 Å². The molecule has 9 heteroatoms. The highest BCUT2D eigenvalue weighted by Gasteiger charge is 2.41. The van der Waals surface area contributed by atoms with E-state index >= 15 is 0 Å². The molecule has 5 nitrogen and oxygen atoms in total. The van der Waals surface area contributed by atoms with E-state index in [1.54, 1.807) is 31.3 Å². The van der Waals surface area contributed by atoms with Gasteiger partial charge in [0.1, 0.15) is 0 Å². The smallest absolute Gasteiger partial charge is 0.401 e. The molecule has 0 aliphatic carbocycles. The molecule has 0 amide bonds. The maximum atomic E-state index is 13.5. The summed E-state index contributed by atoms with van der Waals surface area (Å²) < 4.78 is 52.7. The molecule has 1 unspecified atom stereocenters. The van der Waals surface area contributed by atoms with Crippen molar-refractivity contribution in [3.8, 4) is 0 Å². The average Bonchev–Trinajstić information content (AvgIpc) is 2.81. The predicted molar refractivity (Wildman–Crippen MR) is 128 cm³/mol. The van der Waals surface area contributed by atoms with E-state index in [0.717, 1.165) is 36.9 Å². The molecule has 35 heavy (non-hydrogen) atoms. The number of rotatable bonds is 11. The Balaban J connectivity index is 1.87. The van der Waals surface area contributed by atoms with Crippen LogP contribution in [0, 0.1) is 0 Å². The molecule has 0 fully saturated rings. The van der Waals surface area contributed by atoms with Crippen LogP contribution in [-0.2, 0) is 6.42 Å². The van der Waals surface area contributed by atoms with Gasteiger partial charge in [-0.3, -0.25) is 14.3 Å². The van der Waals surface area contributed by atoms with Gasteiger partial charge in [0.2, 0.25) is 0 Å². The molecule has 2 heterocycles. The van der Waals surface area contributed by atoms with Crippen LogP contribution in [0.2, 0.25) is 0 Å². The van der Waals surface area contributed by atoms with Gasteiger partial charge >= 0.3 is 12.1 Å². The fraction of sp³-hybridized carbons (Fsp3) is 0.538. The summed E-state index contributed by atoms with van der Waals surface area (Å²) in [4.78, 5) is 17.3. The van der Waals surface area contributed by atoms with Crippen molar-refractivity contribution in [3.05, 3.63) is 58.9 Å². The zero-order valence-corrected chi connectivity index (χ0v) is 20.1. The summed E-state index contributed by atoms with van der Waals surface area (Å²) in [6.07, 6.45) is 1.68. The Labute approximate surface area is 203 Å². The van der Waals surface area contributed by atoms with Gasteiger partial charge in [-0.1, -0.05) is 25.8 Å². The number of pyridine rings is 1. The summed E-state index contributed by atoms with van der Waals surface area (Å²) in [6.45, 7) is 2.40. The van der Waals surface area contributed by atoms with Gasteiger partial charge in [0.05, 0.1) is 42.4 Å². The van der Waals surface area contributed by atoms with Crippen molar-refractivity contribution >= 4 is 11.7 Å². The summed E-state index contributed by atoms with van der Waals surface area (Å²) in [7, 11) is 0. The van der Waals surface area contributed by atoms with Gasteiger partial charge in [-0.05, 0) is 68.0 Å². The first kappa shape index (κ1) is 26.9. The van der Waals surface area contributed by atoms with Gasteiger partial charge in [0.25, 0.3) is 0 Å². The minimum absolute atomic E-state index is 0.114. The standard InChI is InChI=1S/C26H33F4N3O2/c1-3-20(7-5-4-6-12-27)32-21-9-11-23(31-15-21)24-22-10-8-18(25(34)35)14-19(22)13-17(2)33(24)16-26(28,29)30/h8-11,14-15,17,20,24,32H,3-7,12-13,16H2,1-2H3,(H,34,35)/t17-,20?,24+/m1/s1. The number of nitrogens with one attached hydrogen (secondary N) is 1. The topological polar surface area (TPSA) is 65.5 Å². The Morgan fingerprint density at radius 3 is 2.60 bits per heavy atom. The minimum atomic E-state index is -4.39. The molecule has 1 aliphatic rings. The maximum Gasteiger partial charge on any atom is 0.401 e. The van der Waals surface area contributed by atoms with Crippen molar-refractivity contribution in [3.63, 3.8) is 0 Å². The summed E-state index contributed by atoms with van der Waals surface area (Å²) in [5.41, 5.74) is 2.74. The molecular formula is C26H33F4N3O2. The molecule has 0 saturated heterocycles. The number of halogens is 4. The lowest BCUT2D eigenvalue weighted by Gasteiger charge is -2.42. The van der Waals surface area contributed by atoms with Crippen LogP contribution in [0.25, 0.3) is 0 Å². The molecule has 2 aromatic rings. The van der Waals surface area contributed by atoms with Gasteiger partial charge in [0, 0.05) is 12.1 Å². The molecule has 0 bridgehead atoms. The lowest BCUT2D eigenvalue weighted by Crippen LogP contribution is -2.47. The zero-order chi connectivity index (χ0) is 25.6. The monoisotopic (exact) mass is 495 g/mol. The number of hydrogen-bond donors (Lipinski definition) is 2. The van der Waals surface area contributed by atoms with Gasteiger partial charge in [0.15, 0.2) is 0 Å². The lowest BCUT2D eigenvalue weighted by atomic mass is 9.85. The first-order valence-electron chi connectivity index (χ1n) is 12.1. The molecule has 3 atom stereocenters. The number of carbonyl (C=O) groups is 1. The van der Waals surface area contributed by atoms with E-state index in [2.05, 4.69) is 17.2 Å². The zero-order valence-electron chi connectivity index (χ0n) is 20.1. The quantitative estimate of drug-likeness (QED) is 0.279. The van der Waals surface area contributed by atoms with Crippen molar-refractivity contribution in [2.45, 2.75) is 76.7 Å². The number of nitrogens with zero attached hydrogens (tertiary/aromatic N) is 2. The van der Waals surface area contributed by atoms with Crippen molar-refractivity contribution in [2.24, 2.45) is 0 Å². The van der Waals surface area contributed by atoms with Crippen LogP contribution in [0.3, 0.4) is 0 Å². The Bertz CT molecular complexity index is 982. The Hall–Kier alpha value is -2.68. The van der Waals surface area contributed by atoms with Gasteiger partial charge in [-0.15, -0.1) is 0 Å². The number of alkyl halides is 4. The second-order valence-corrected chi connectivity index (χ2v) is 9.22. The number of aromatic nitrogens is 1. The molecule has 1 aliphatic heterocycles. The number of hydrogen-bond acceptors (Lipinski definition) is 4. The van der Waals surface area contributed by atoms with E-state index in [1.165, 1.54) is 11.0 Å². The van der Waals surface area contributed by atoms with Gasteiger partial charge in [-0.2, -0.15) is 13.2 Å². The largest absolute Gasteiger partial charge is 0.478 e. The molecule has 192 valence electrons. The van der Waals surface area contributed by atoms with Crippen LogP contribution in [0.15, 0.2) is 36.5 Å². The van der Waals surface area contributed by atoms with E-state index in [-0.39, 0.29) is 18.3 Å². The first-order chi connectivity index (χ1) is 16.6. The highest BCUT2D eigenvalue weighted by atomic mass is 19.4. The third-order valence-electron chi connectivity index (χ3n) is 6.58. The van der Waals surface area contributed by atoms with E-state index in [9.17, 15) is 27.5 Å². The lowest BCUT2D eigenvalue weighted by molar-refractivity contribution is -0.155. The normalized spacial score (nSPS) is 19.3. The van der Waals surface area contributed by atoms with Crippen LogP contribution >= 0.6 is 0 Å². The summed E-state index contributed by atoms with van der Waals surface area (Å²) >= 11 is 0.